The van der Waals surface area contributed by atoms with E-state index in [1.54, 1.807) is 16.8 Å². The number of hydrogen-bond acceptors (Lipinski definition) is 3. The van der Waals surface area contributed by atoms with E-state index in [4.69, 9.17) is 0 Å². The van der Waals surface area contributed by atoms with Crippen LogP contribution in [0.1, 0.15) is 22.5 Å². The van der Waals surface area contributed by atoms with Gasteiger partial charge in [0.15, 0.2) is 0 Å². The Morgan fingerprint density at radius 3 is 2.61 bits per heavy atom. The van der Waals surface area contributed by atoms with Crippen LogP contribution in [-0.4, -0.2) is 20.1 Å². The molecule has 0 saturated carbocycles. The first-order valence-corrected chi connectivity index (χ1v) is 7.23. The van der Waals surface area contributed by atoms with Crippen LogP contribution in [0.5, 0.6) is 0 Å². The molecule has 0 fully saturated rings. The van der Waals surface area contributed by atoms with E-state index in [0.29, 0.717) is 11.4 Å². The molecule has 0 spiro atoms. The molecule has 3 rings (SSSR count). The second kappa shape index (κ2) is 6.54. The maximum Gasteiger partial charge on any atom is 0.123 e. The van der Waals surface area contributed by atoms with Crippen molar-refractivity contribution in [3.05, 3.63) is 76.9 Å². The summed E-state index contributed by atoms with van der Waals surface area (Å²) in [5, 5.41) is 17.6. The lowest BCUT2D eigenvalue weighted by atomic mass is 10.1. The Kier molecular flexibility index (Phi) is 4.30. The third-order valence-corrected chi connectivity index (χ3v) is 3.48. The zero-order chi connectivity index (χ0) is 16.2. The van der Waals surface area contributed by atoms with Gasteiger partial charge in [-0.05, 0) is 48.4 Å². The molecule has 0 aliphatic heterocycles. The molecule has 0 atom stereocenters. The molecule has 5 heteroatoms. The number of aliphatic hydroxyl groups excluding tert-OH is 1. The van der Waals surface area contributed by atoms with E-state index < -0.39 is 0 Å². The van der Waals surface area contributed by atoms with Crippen LogP contribution in [0.25, 0.3) is 17.8 Å². The van der Waals surface area contributed by atoms with Gasteiger partial charge in [0.2, 0.25) is 0 Å². The minimum Gasteiger partial charge on any atom is -0.390 e. The molecule has 0 amide bonds. The van der Waals surface area contributed by atoms with Crippen LogP contribution in [0.2, 0.25) is 0 Å². The molecule has 0 unspecified atom stereocenters. The normalized spacial score (nSPS) is 11.3. The molecule has 0 aliphatic carbocycles. The van der Waals surface area contributed by atoms with Crippen molar-refractivity contribution in [3.8, 4) is 5.69 Å². The van der Waals surface area contributed by atoms with Crippen molar-refractivity contribution in [2.45, 2.75) is 13.5 Å². The summed E-state index contributed by atoms with van der Waals surface area (Å²) in [6.07, 6.45) is 3.66. The number of nitrogens with zero attached hydrogens (tertiary/aromatic N) is 3. The van der Waals surface area contributed by atoms with Gasteiger partial charge < -0.3 is 5.11 Å². The van der Waals surface area contributed by atoms with Gasteiger partial charge >= 0.3 is 0 Å². The zero-order valence-corrected chi connectivity index (χ0v) is 12.6. The van der Waals surface area contributed by atoms with Crippen LogP contribution in [-0.2, 0) is 6.61 Å². The fourth-order valence-electron chi connectivity index (χ4n) is 2.30. The smallest absolute Gasteiger partial charge is 0.123 e. The Morgan fingerprint density at radius 2 is 1.91 bits per heavy atom. The minimum atomic E-state index is -0.273. The van der Waals surface area contributed by atoms with Gasteiger partial charge in [0.1, 0.15) is 11.5 Å². The number of benzene rings is 2. The van der Waals surface area contributed by atoms with Crippen molar-refractivity contribution in [1.29, 1.82) is 0 Å². The maximum absolute atomic E-state index is 13.0. The van der Waals surface area contributed by atoms with Crippen LogP contribution >= 0.6 is 0 Å². The number of rotatable bonds is 4. The first-order valence-electron chi connectivity index (χ1n) is 7.23. The third-order valence-electron chi connectivity index (χ3n) is 3.48. The fourth-order valence-corrected chi connectivity index (χ4v) is 2.30. The topological polar surface area (TPSA) is 50.9 Å². The van der Waals surface area contributed by atoms with Crippen LogP contribution < -0.4 is 0 Å². The minimum absolute atomic E-state index is 0.199. The molecular weight excluding hydrogens is 293 g/mol. The second-order valence-electron chi connectivity index (χ2n) is 5.22. The Hall–Kier alpha value is -2.79. The number of aromatic nitrogens is 3. The summed E-state index contributed by atoms with van der Waals surface area (Å²) in [6, 6.07) is 14.0. The van der Waals surface area contributed by atoms with E-state index in [9.17, 15) is 9.50 Å². The van der Waals surface area contributed by atoms with Gasteiger partial charge in [-0.3, -0.25) is 0 Å². The number of halogens is 1. The summed E-state index contributed by atoms with van der Waals surface area (Å²) in [5.74, 6) is -0.273. The van der Waals surface area contributed by atoms with Gasteiger partial charge in [0.25, 0.3) is 0 Å². The standard InChI is InChI=1S/C18H16FN3O/c1-13-3-2-4-16(11-13)22-18(17(12-23)20-21-22)10-7-14-5-8-15(19)9-6-14/h2-11,23H,12H2,1H3/b10-7+. The fraction of sp³-hybridized carbons (Fsp3) is 0.111. The molecule has 0 aliphatic rings. The van der Waals surface area contributed by atoms with E-state index in [-0.39, 0.29) is 12.4 Å². The first kappa shape index (κ1) is 15.1. The van der Waals surface area contributed by atoms with Gasteiger partial charge in [0, 0.05) is 0 Å². The van der Waals surface area contributed by atoms with Crippen molar-refractivity contribution in [1.82, 2.24) is 15.0 Å². The van der Waals surface area contributed by atoms with Crippen molar-refractivity contribution < 1.29 is 9.50 Å². The second-order valence-corrected chi connectivity index (χ2v) is 5.22. The van der Waals surface area contributed by atoms with Crippen molar-refractivity contribution in [2.24, 2.45) is 0 Å². The average molecular weight is 309 g/mol. The highest BCUT2D eigenvalue weighted by molar-refractivity contribution is 5.69. The van der Waals surface area contributed by atoms with Gasteiger partial charge in [-0.1, -0.05) is 35.6 Å². The molecule has 3 aromatic rings. The highest BCUT2D eigenvalue weighted by atomic mass is 19.1. The van der Waals surface area contributed by atoms with Crippen LogP contribution in [0.4, 0.5) is 4.39 Å². The molecule has 1 heterocycles. The summed E-state index contributed by atoms with van der Waals surface area (Å²) in [4.78, 5) is 0. The molecule has 2 aromatic carbocycles. The molecule has 0 radical (unpaired) electrons. The van der Waals surface area contributed by atoms with Crippen LogP contribution in [0.3, 0.4) is 0 Å². The third kappa shape index (κ3) is 3.35. The Labute approximate surface area is 133 Å². The summed E-state index contributed by atoms with van der Waals surface area (Å²) in [7, 11) is 0. The maximum atomic E-state index is 13.0. The van der Waals surface area contributed by atoms with Gasteiger partial charge in [-0.15, -0.1) is 5.10 Å². The average Bonchev–Trinajstić information content (AvgIpc) is 2.97. The van der Waals surface area contributed by atoms with E-state index in [1.807, 2.05) is 43.3 Å². The number of aryl methyl sites for hydroxylation is 1. The molecule has 4 nitrogen and oxygen atoms in total. The predicted octanol–water partition coefficient (Wildman–Crippen LogP) is 3.38. The zero-order valence-electron chi connectivity index (χ0n) is 12.6. The molecule has 0 bridgehead atoms. The molecular formula is C18H16FN3O. The lowest BCUT2D eigenvalue weighted by molar-refractivity contribution is 0.276. The van der Waals surface area contributed by atoms with E-state index in [2.05, 4.69) is 10.3 Å². The van der Waals surface area contributed by atoms with E-state index >= 15 is 0 Å². The molecule has 116 valence electrons. The first-order chi connectivity index (χ1) is 11.2. The summed E-state index contributed by atoms with van der Waals surface area (Å²) < 4.78 is 14.6. The summed E-state index contributed by atoms with van der Waals surface area (Å²) >= 11 is 0. The quantitative estimate of drug-likeness (QED) is 0.804. The summed E-state index contributed by atoms with van der Waals surface area (Å²) in [5.41, 5.74) is 4.02. The van der Waals surface area contributed by atoms with Crippen molar-refractivity contribution in [2.75, 3.05) is 0 Å². The lowest BCUT2D eigenvalue weighted by Gasteiger charge is -2.05. The molecule has 0 saturated heterocycles. The van der Waals surface area contributed by atoms with E-state index in [0.717, 1.165) is 16.8 Å². The lowest BCUT2D eigenvalue weighted by Crippen LogP contribution is -2.00. The van der Waals surface area contributed by atoms with Crippen LogP contribution in [0, 0.1) is 12.7 Å². The van der Waals surface area contributed by atoms with Crippen molar-refractivity contribution in [3.63, 3.8) is 0 Å². The Bertz CT molecular complexity index is 838. The highest BCUT2D eigenvalue weighted by Crippen LogP contribution is 2.17. The molecule has 1 aromatic heterocycles. The highest BCUT2D eigenvalue weighted by Gasteiger charge is 2.11. The predicted molar refractivity (Wildman–Crippen MR) is 87.3 cm³/mol. The van der Waals surface area contributed by atoms with Crippen molar-refractivity contribution >= 4 is 12.2 Å². The molecule has 1 N–H and O–H groups in total. The van der Waals surface area contributed by atoms with Gasteiger partial charge in [-0.25, -0.2) is 9.07 Å². The van der Waals surface area contributed by atoms with Gasteiger partial charge in [0.05, 0.1) is 18.0 Å². The van der Waals surface area contributed by atoms with Gasteiger partial charge in [-0.2, -0.15) is 0 Å². The number of aliphatic hydroxyl groups is 1. The number of hydrogen-bond donors (Lipinski definition) is 1. The summed E-state index contributed by atoms with van der Waals surface area (Å²) in [6.45, 7) is 1.80. The SMILES string of the molecule is Cc1cccc(-n2nnc(CO)c2/C=C/c2ccc(F)cc2)c1. The monoisotopic (exact) mass is 309 g/mol. The molecule has 23 heavy (non-hydrogen) atoms. The Balaban J connectivity index is 2.00. The van der Waals surface area contributed by atoms with Crippen LogP contribution in [0.15, 0.2) is 48.5 Å². The van der Waals surface area contributed by atoms with E-state index in [1.165, 1.54) is 12.1 Å². The Morgan fingerprint density at radius 1 is 1.13 bits per heavy atom. The largest absolute Gasteiger partial charge is 0.390 e.